The fourth-order valence-electron chi connectivity index (χ4n) is 1.29. The summed E-state index contributed by atoms with van der Waals surface area (Å²) < 4.78 is 0. The molecule has 2 aromatic rings. The summed E-state index contributed by atoms with van der Waals surface area (Å²) in [5.74, 6) is 0. The molecule has 70 valence electrons. The molecular weight excluding hydrogens is 217 g/mol. The molecule has 1 heterocycles. The molecule has 1 aromatic carbocycles. The minimum atomic E-state index is 0.594. The second kappa shape index (κ2) is 3.60. The number of pyridine rings is 1. The predicted octanol–water partition coefficient (Wildman–Crippen LogP) is 4.18. The lowest BCUT2D eigenvalue weighted by molar-refractivity contribution is 1.37. The Balaban J connectivity index is 2.81. The van der Waals surface area contributed by atoms with E-state index in [9.17, 15) is 0 Å². The molecule has 0 bridgehead atoms. The molecule has 3 heteroatoms. The summed E-state index contributed by atoms with van der Waals surface area (Å²) in [7, 11) is 0. The van der Waals surface area contributed by atoms with E-state index in [1.165, 1.54) is 0 Å². The van der Waals surface area contributed by atoms with Crippen molar-refractivity contribution in [1.29, 1.82) is 0 Å². The molecule has 0 aliphatic rings. The second-order valence-electron chi connectivity index (χ2n) is 2.89. The van der Waals surface area contributed by atoms with Crippen LogP contribution in [-0.2, 0) is 0 Å². The van der Waals surface area contributed by atoms with Gasteiger partial charge in [-0.15, -0.1) is 0 Å². The topological polar surface area (TPSA) is 12.9 Å². The maximum Gasteiger partial charge on any atom is 0.0739 e. The molecule has 0 atom stereocenters. The van der Waals surface area contributed by atoms with Gasteiger partial charge in [0.1, 0.15) is 0 Å². The van der Waals surface area contributed by atoms with E-state index in [2.05, 4.69) is 11.6 Å². The number of nitrogens with zero attached hydrogens (tertiary/aromatic N) is 1. The predicted molar refractivity (Wildman–Crippen MR) is 61.9 cm³/mol. The number of halogens is 2. The Morgan fingerprint density at radius 2 is 2.00 bits per heavy atom. The Morgan fingerprint density at radius 3 is 2.71 bits per heavy atom. The number of rotatable bonds is 1. The maximum atomic E-state index is 6.01. The van der Waals surface area contributed by atoms with E-state index in [0.29, 0.717) is 10.0 Å². The van der Waals surface area contributed by atoms with Gasteiger partial charge >= 0.3 is 0 Å². The van der Waals surface area contributed by atoms with Crippen LogP contribution in [0.25, 0.3) is 17.0 Å². The summed E-state index contributed by atoms with van der Waals surface area (Å²) in [4.78, 5) is 4.33. The number of hydrogen-bond donors (Lipinski definition) is 0. The fraction of sp³-hybridized carbons (Fsp3) is 0. The van der Waals surface area contributed by atoms with E-state index in [4.69, 9.17) is 23.2 Å². The zero-order chi connectivity index (χ0) is 10.1. The van der Waals surface area contributed by atoms with Crippen LogP contribution in [0.15, 0.2) is 30.8 Å². The molecule has 0 amide bonds. The van der Waals surface area contributed by atoms with Crippen LogP contribution in [-0.4, -0.2) is 4.98 Å². The van der Waals surface area contributed by atoms with E-state index < -0.39 is 0 Å². The van der Waals surface area contributed by atoms with Crippen LogP contribution < -0.4 is 0 Å². The number of benzene rings is 1. The van der Waals surface area contributed by atoms with Crippen molar-refractivity contribution in [3.8, 4) is 0 Å². The summed E-state index contributed by atoms with van der Waals surface area (Å²) in [5, 5.41) is 2.12. The van der Waals surface area contributed by atoms with Gasteiger partial charge in [-0.25, -0.2) is 4.98 Å². The lowest BCUT2D eigenvalue weighted by Gasteiger charge is -2.01. The summed E-state index contributed by atoms with van der Waals surface area (Å²) in [6.07, 6.45) is 1.69. The van der Waals surface area contributed by atoms with Crippen LogP contribution in [0.1, 0.15) is 5.69 Å². The molecule has 0 unspecified atom stereocenters. The van der Waals surface area contributed by atoms with E-state index in [-0.39, 0.29) is 0 Å². The van der Waals surface area contributed by atoms with Crippen LogP contribution >= 0.6 is 23.2 Å². The molecular formula is C11H7Cl2N. The summed E-state index contributed by atoms with van der Waals surface area (Å²) in [6.45, 7) is 3.65. The number of aromatic nitrogens is 1. The molecule has 14 heavy (non-hydrogen) atoms. The smallest absolute Gasteiger partial charge is 0.0739 e. The third-order valence-corrected chi connectivity index (χ3v) is 2.48. The van der Waals surface area contributed by atoms with Crippen molar-refractivity contribution >= 4 is 40.2 Å². The molecule has 2 rings (SSSR count). The molecule has 0 aliphatic carbocycles. The van der Waals surface area contributed by atoms with Crippen LogP contribution in [0, 0.1) is 0 Å². The molecule has 1 aromatic heterocycles. The van der Waals surface area contributed by atoms with Crippen molar-refractivity contribution < 1.29 is 0 Å². The molecule has 0 radical (unpaired) electrons. The maximum absolute atomic E-state index is 6.01. The molecule has 0 N–H and O–H groups in total. The first kappa shape index (κ1) is 9.50. The van der Waals surface area contributed by atoms with Crippen molar-refractivity contribution in [1.82, 2.24) is 4.98 Å². The molecule has 1 nitrogen and oxygen atoms in total. The lowest BCUT2D eigenvalue weighted by atomic mass is 10.2. The van der Waals surface area contributed by atoms with Gasteiger partial charge in [-0.05, 0) is 30.3 Å². The van der Waals surface area contributed by atoms with Crippen molar-refractivity contribution in [2.75, 3.05) is 0 Å². The second-order valence-corrected chi connectivity index (χ2v) is 3.74. The normalized spacial score (nSPS) is 10.4. The third kappa shape index (κ3) is 1.61. The highest BCUT2D eigenvalue weighted by atomic mass is 35.5. The Bertz CT molecular complexity index is 506. The van der Waals surface area contributed by atoms with Crippen LogP contribution in [0.5, 0.6) is 0 Å². The van der Waals surface area contributed by atoms with Crippen molar-refractivity contribution in [3.05, 3.63) is 46.6 Å². The van der Waals surface area contributed by atoms with E-state index in [1.807, 2.05) is 12.1 Å². The Labute approximate surface area is 92.0 Å². The Morgan fingerprint density at radius 1 is 1.21 bits per heavy atom. The van der Waals surface area contributed by atoms with Gasteiger partial charge in [0.15, 0.2) is 0 Å². The fourth-order valence-corrected chi connectivity index (χ4v) is 1.83. The van der Waals surface area contributed by atoms with E-state index in [1.54, 1.807) is 18.2 Å². The SMILES string of the molecule is C=Cc1ccc2c(Cl)cc(Cl)cc2n1. The first-order chi connectivity index (χ1) is 6.70. The Kier molecular flexibility index (Phi) is 2.44. The molecule has 0 saturated heterocycles. The van der Waals surface area contributed by atoms with Crippen molar-refractivity contribution in [2.24, 2.45) is 0 Å². The zero-order valence-corrected chi connectivity index (χ0v) is 8.81. The lowest BCUT2D eigenvalue weighted by Crippen LogP contribution is -1.83. The highest BCUT2D eigenvalue weighted by molar-refractivity contribution is 6.38. The van der Waals surface area contributed by atoms with Gasteiger partial charge in [-0.2, -0.15) is 0 Å². The summed E-state index contributed by atoms with van der Waals surface area (Å²) in [6, 6.07) is 7.28. The van der Waals surface area contributed by atoms with E-state index in [0.717, 1.165) is 16.6 Å². The van der Waals surface area contributed by atoms with Gasteiger partial charge in [0.25, 0.3) is 0 Å². The zero-order valence-electron chi connectivity index (χ0n) is 7.30. The first-order valence-electron chi connectivity index (χ1n) is 4.09. The van der Waals surface area contributed by atoms with E-state index >= 15 is 0 Å². The molecule has 0 saturated carbocycles. The summed E-state index contributed by atoms with van der Waals surface area (Å²) in [5.41, 5.74) is 1.61. The standard InChI is InChI=1S/C11H7Cl2N/c1-2-8-3-4-9-10(13)5-7(12)6-11(9)14-8/h2-6H,1H2. The third-order valence-electron chi connectivity index (χ3n) is 1.95. The highest BCUT2D eigenvalue weighted by Crippen LogP contribution is 2.26. The van der Waals surface area contributed by atoms with Crippen molar-refractivity contribution in [2.45, 2.75) is 0 Å². The molecule has 0 aliphatic heterocycles. The van der Waals surface area contributed by atoms with Gasteiger partial charge in [0.2, 0.25) is 0 Å². The highest BCUT2D eigenvalue weighted by Gasteiger charge is 2.02. The monoisotopic (exact) mass is 223 g/mol. The quantitative estimate of drug-likeness (QED) is 0.707. The summed E-state index contributed by atoms with van der Waals surface area (Å²) >= 11 is 11.9. The molecule has 0 spiro atoms. The van der Waals surface area contributed by atoms with Gasteiger partial charge in [-0.3, -0.25) is 0 Å². The Hall–Kier alpha value is -1.05. The average Bonchev–Trinajstić information content (AvgIpc) is 2.16. The van der Waals surface area contributed by atoms with Crippen LogP contribution in [0.3, 0.4) is 0 Å². The first-order valence-corrected chi connectivity index (χ1v) is 4.84. The van der Waals surface area contributed by atoms with Gasteiger partial charge in [0.05, 0.1) is 16.2 Å². The minimum absolute atomic E-state index is 0.594. The average molecular weight is 224 g/mol. The minimum Gasteiger partial charge on any atom is -0.248 e. The number of fused-ring (bicyclic) bond motifs is 1. The van der Waals surface area contributed by atoms with Crippen LogP contribution in [0.4, 0.5) is 0 Å². The largest absolute Gasteiger partial charge is 0.248 e. The van der Waals surface area contributed by atoms with Gasteiger partial charge < -0.3 is 0 Å². The van der Waals surface area contributed by atoms with Gasteiger partial charge in [0, 0.05) is 10.4 Å². The van der Waals surface area contributed by atoms with Crippen molar-refractivity contribution in [3.63, 3.8) is 0 Å². The van der Waals surface area contributed by atoms with Gasteiger partial charge in [-0.1, -0.05) is 29.8 Å². The number of hydrogen-bond acceptors (Lipinski definition) is 1. The molecule has 0 fully saturated rings. The van der Waals surface area contributed by atoms with Crippen LogP contribution in [0.2, 0.25) is 10.0 Å².